The van der Waals surface area contributed by atoms with Gasteiger partial charge in [0.1, 0.15) is 0 Å². The van der Waals surface area contributed by atoms with Crippen LogP contribution in [-0.4, -0.2) is 27.3 Å². The van der Waals surface area contributed by atoms with E-state index in [1.165, 1.54) is 27.8 Å². The average Bonchev–Trinajstić information content (AvgIpc) is 3.11. The number of pyridine rings is 1. The van der Waals surface area contributed by atoms with Gasteiger partial charge in [0.2, 0.25) is 0 Å². The highest BCUT2D eigenvalue weighted by molar-refractivity contribution is 5.95. The van der Waals surface area contributed by atoms with Crippen molar-refractivity contribution in [1.29, 1.82) is 0 Å². The van der Waals surface area contributed by atoms with Gasteiger partial charge in [-0.2, -0.15) is 0 Å². The Morgan fingerprint density at radius 3 is 2.70 bits per heavy atom. The molecule has 132 valence electrons. The van der Waals surface area contributed by atoms with E-state index in [0.717, 1.165) is 18.5 Å². The van der Waals surface area contributed by atoms with Gasteiger partial charge in [-0.25, -0.2) is 0 Å². The molecule has 0 saturated heterocycles. The predicted molar refractivity (Wildman–Crippen MR) is 106 cm³/mol. The lowest BCUT2D eigenvalue weighted by Crippen LogP contribution is -2.35. The van der Waals surface area contributed by atoms with Crippen molar-refractivity contribution < 1.29 is 4.79 Å². The van der Waals surface area contributed by atoms with Gasteiger partial charge in [-0.05, 0) is 35.4 Å². The molecule has 1 amide bonds. The van der Waals surface area contributed by atoms with Gasteiger partial charge in [-0.15, -0.1) is 0 Å². The number of amides is 1. The third-order valence-electron chi connectivity index (χ3n) is 5.28. The van der Waals surface area contributed by atoms with Crippen LogP contribution in [0.25, 0.3) is 22.0 Å². The number of carbonyl (C=O) groups excluding carboxylic acids is 1. The lowest BCUT2D eigenvalue weighted by Gasteiger charge is -2.27. The predicted octanol–water partition coefficient (Wildman–Crippen LogP) is 4.43. The van der Waals surface area contributed by atoms with Gasteiger partial charge in [0.05, 0.1) is 5.56 Å². The SMILES string of the molecule is O=C(c1cccnc1)N1CCc2[nH]c3ccc(-c4ccccc4)cc3c2C1. The zero-order chi connectivity index (χ0) is 18.2. The van der Waals surface area contributed by atoms with Gasteiger partial charge in [0.25, 0.3) is 5.91 Å². The fraction of sp³-hybridized carbons (Fsp3) is 0.130. The summed E-state index contributed by atoms with van der Waals surface area (Å²) in [5.74, 6) is 0.0438. The molecule has 0 saturated carbocycles. The summed E-state index contributed by atoms with van der Waals surface area (Å²) in [6.07, 6.45) is 4.17. The van der Waals surface area contributed by atoms with Crippen LogP contribution in [0.15, 0.2) is 73.1 Å². The highest BCUT2D eigenvalue weighted by Gasteiger charge is 2.25. The number of benzene rings is 2. The monoisotopic (exact) mass is 353 g/mol. The summed E-state index contributed by atoms with van der Waals surface area (Å²) < 4.78 is 0. The third kappa shape index (κ3) is 2.79. The smallest absolute Gasteiger partial charge is 0.255 e. The van der Waals surface area contributed by atoms with Gasteiger partial charge in [-0.1, -0.05) is 36.4 Å². The molecular formula is C23H19N3O. The maximum absolute atomic E-state index is 12.8. The maximum atomic E-state index is 12.8. The Morgan fingerprint density at radius 1 is 1.00 bits per heavy atom. The average molecular weight is 353 g/mol. The fourth-order valence-corrected chi connectivity index (χ4v) is 3.87. The van der Waals surface area contributed by atoms with E-state index < -0.39 is 0 Å². The van der Waals surface area contributed by atoms with Crippen LogP contribution in [0.1, 0.15) is 21.6 Å². The van der Waals surface area contributed by atoms with Crippen molar-refractivity contribution in [3.05, 3.63) is 89.9 Å². The van der Waals surface area contributed by atoms with Crippen LogP contribution < -0.4 is 0 Å². The van der Waals surface area contributed by atoms with Crippen LogP contribution in [0.2, 0.25) is 0 Å². The quantitative estimate of drug-likeness (QED) is 0.580. The van der Waals surface area contributed by atoms with E-state index >= 15 is 0 Å². The van der Waals surface area contributed by atoms with E-state index in [1.54, 1.807) is 18.5 Å². The standard InChI is InChI=1S/C23H19N3O/c27-23(18-7-4-11-24-14-18)26-12-10-22-20(15-26)19-13-17(8-9-21(19)25-22)16-5-2-1-3-6-16/h1-9,11,13-14,25H,10,12,15H2. The summed E-state index contributed by atoms with van der Waals surface area (Å²) in [5.41, 5.74) is 6.65. The first-order valence-electron chi connectivity index (χ1n) is 9.18. The number of fused-ring (bicyclic) bond motifs is 3. The molecule has 0 unspecified atom stereocenters. The number of H-pyrrole nitrogens is 1. The highest BCUT2D eigenvalue weighted by atomic mass is 16.2. The van der Waals surface area contributed by atoms with Gasteiger partial charge in [0.15, 0.2) is 0 Å². The fourth-order valence-electron chi connectivity index (χ4n) is 3.87. The third-order valence-corrected chi connectivity index (χ3v) is 5.28. The molecule has 0 bridgehead atoms. The van der Waals surface area contributed by atoms with Gasteiger partial charge < -0.3 is 9.88 Å². The van der Waals surface area contributed by atoms with Gasteiger partial charge >= 0.3 is 0 Å². The Kier molecular flexibility index (Phi) is 3.75. The van der Waals surface area contributed by atoms with Crippen molar-refractivity contribution in [3.8, 4) is 11.1 Å². The molecule has 1 aliphatic heterocycles. The van der Waals surface area contributed by atoms with Gasteiger partial charge in [-0.3, -0.25) is 9.78 Å². The minimum absolute atomic E-state index is 0.0438. The van der Waals surface area contributed by atoms with Crippen LogP contribution >= 0.6 is 0 Å². The Balaban J connectivity index is 1.52. The van der Waals surface area contributed by atoms with Crippen LogP contribution in [0.4, 0.5) is 0 Å². The van der Waals surface area contributed by atoms with E-state index in [9.17, 15) is 4.79 Å². The maximum Gasteiger partial charge on any atom is 0.255 e. The Morgan fingerprint density at radius 2 is 1.89 bits per heavy atom. The second-order valence-electron chi connectivity index (χ2n) is 6.93. The number of carbonyl (C=O) groups is 1. The lowest BCUT2D eigenvalue weighted by molar-refractivity contribution is 0.0734. The molecule has 1 aliphatic rings. The molecule has 0 radical (unpaired) electrons. The summed E-state index contributed by atoms with van der Waals surface area (Å²) in [7, 11) is 0. The first-order valence-corrected chi connectivity index (χ1v) is 9.18. The second kappa shape index (κ2) is 6.40. The Labute approximate surface area is 157 Å². The molecule has 2 aromatic carbocycles. The first kappa shape index (κ1) is 15.8. The number of rotatable bonds is 2. The molecule has 0 aliphatic carbocycles. The van der Waals surface area contributed by atoms with E-state index in [1.807, 2.05) is 17.0 Å². The molecule has 4 aromatic rings. The van der Waals surface area contributed by atoms with E-state index in [0.29, 0.717) is 12.1 Å². The summed E-state index contributed by atoms with van der Waals surface area (Å²) in [6, 6.07) is 20.5. The molecule has 3 heterocycles. The normalized spacial score (nSPS) is 13.6. The van der Waals surface area contributed by atoms with Crippen molar-refractivity contribution in [1.82, 2.24) is 14.9 Å². The number of nitrogens with zero attached hydrogens (tertiary/aromatic N) is 2. The van der Waals surface area contributed by atoms with Gasteiger partial charge in [0, 0.05) is 54.1 Å². The summed E-state index contributed by atoms with van der Waals surface area (Å²) in [6.45, 7) is 1.35. The summed E-state index contributed by atoms with van der Waals surface area (Å²) >= 11 is 0. The van der Waals surface area contributed by atoms with Crippen LogP contribution in [0, 0.1) is 0 Å². The number of hydrogen-bond acceptors (Lipinski definition) is 2. The summed E-state index contributed by atoms with van der Waals surface area (Å²) in [4.78, 5) is 22.4. The Bertz CT molecular complexity index is 1120. The zero-order valence-corrected chi connectivity index (χ0v) is 14.9. The van der Waals surface area contributed by atoms with Crippen molar-refractivity contribution >= 4 is 16.8 Å². The molecule has 4 heteroatoms. The van der Waals surface area contributed by atoms with Crippen molar-refractivity contribution in [2.45, 2.75) is 13.0 Å². The first-order chi connectivity index (χ1) is 13.3. The molecule has 4 nitrogen and oxygen atoms in total. The number of aromatic nitrogens is 2. The second-order valence-corrected chi connectivity index (χ2v) is 6.93. The van der Waals surface area contributed by atoms with E-state index in [-0.39, 0.29) is 5.91 Å². The molecule has 1 N–H and O–H groups in total. The molecule has 0 atom stereocenters. The summed E-state index contributed by atoms with van der Waals surface area (Å²) in [5, 5.41) is 1.20. The van der Waals surface area contributed by atoms with Crippen molar-refractivity contribution in [2.75, 3.05) is 6.54 Å². The molecule has 0 fully saturated rings. The van der Waals surface area contributed by atoms with Crippen LogP contribution in [0.3, 0.4) is 0 Å². The number of nitrogens with one attached hydrogen (secondary N) is 1. The number of hydrogen-bond donors (Lipinski definition) is 1. The van der Waals surface area contributed by atoms with Crippen LogP contribution in [0.5, 0.6) is 0 Å². The molecule has 0 spiro atoms. The Hall–Kier alpha value is -3.40. The largest absolute Gasteiger partial charge is 0.358 e. The zero-order valence-electron chi connectivity index (χ0n) is 14.9. The lowest BCUT2D eigenvalue weighted by atomic mass is 9.99. The molecule has 2 aromatic heterocycles. The minimum atomic E-state index is 0.0438. The molecule has 5 rings (SSSR count). The topological polar surface area (TPSA) is 49.0 Å². The van der Waals surface area contributed by atoms with Crippen molar-refractivity contribution in [3.63, 3.8) is 0 Å². The molecule has 27 heavy (non-hydrogen) atoms. The van der Waals surface area contributed by atoms with E-state index in [4.69, 9.17) is 0 Å². The molecular weight excluding hydrogens is 334 g/mol. The van der Waals surface area contributed by atoms with Crippen LogP contribution in [-0.2, 0) is 13.0 Å². The number of aromatic amines is 1. The van der Waals surface area contributed by atoms with E-state index in [2.05, 4.69) is 52.4 Å². The highest BCUT2D eigenvalue weighted by Crippen LogP contribution is 2.31. The van der Waals surface area contributed by atoms with Crippen molar-refractivity contribution in [2.24, 2.45) is 0 Å². The minimum Gasteiger partial charge on any atom is -0.358 e.